The molecule has 0 aromatic rings. The van der Waals surface area contributed by atoms with Gasteiger partial charge in [-0.2, -0.15) is 0 Å². The highest BCUT2D eigenvalue weighted by Crippen LogP contribution is 2.12. The highest BCUT2D eigenvalue weighted by molar-refractivity contribution is 5.85. The minimum atomic E-state index is -0.409. The van der Waals surface area contributed by atoms with E-state index in [1.165, 1.54) is 0 Å². The van der Waals surface area contributed by atoms with Crippen molar-refractivity contribution in [2.45, 2.75) is 46.1 Å². The average molecular weight is 200 g/mol. The van der Waals surface area contributed by atoms with Gasteiger partial charge in [0, 0.05) is 7.05 Å². The van der Waals surface area contributed by atoms with Crippen molar-refractivity contribution in [1.82, 2.24) is 10.6 Å². The van der Waals surface area contributed by atoms with Gasteiger partial charge in [0.1, 0.15) is 0 Å². The lowest BCUT2D eigenvalue weighted by Crippen LogP contribution is -2.54. The van der Waals surface area contributed by atoms with Crippen LogP contribution in [0, 0.1) is 5.92 Å². The molecule has 2 N–H and O–H groups in total. The molecule has 1 unspecified atom stereocenters. The van der Waals surface area contributed by atoms with Gasteiger partial charge < -0.3 is 10.6 Å². The first-order valence-corrected chi connectivity index (χ1v) is 5.43. The molecule has 0 heterocycles. The topological polar surface area (TPSA) is 41.1 Å². The quantitative estimate of drug-likeness (QED) is 0.683. The zero-order valence-electron chi connectivity index (χ0n) is 10.1. The van der Waals surface area contributed by atoms with E-state index in [0.29, 0.717) is 5.92 Å². The highest BCUT2D eigenvalue weighted by Gasteiger charge is 2.30. The maximum atomic E-state index is 11.7. The summed E-state index contributed by atoms with van der Waals surface area (Å²) < 4.78 is 0. The fourth-order valence-corrected chi connectivity index (χ4v) is 1.49. The van der Waals surface area contributed by atoms with Gasteiger partial charge in [-0.15, -0.1) is 0 Å². The van der Waals surface area contributed by atoms with Crippen molar-refractivity contribution in [2.24, 2.45) is 5.92 Å². The number of hydrogen-bond donors (Lipinski definition) is 2. The Labute approximate surface area is 87.6 Å². The second-order valence-electron chi connectivity index (χ2n) is 4.44. The number of hydrogen-bond acceptors (Lipinski definition) is 2. The van der Waals surface area contributed by atoms with E-state index in [2.05, 4.69) is 31.4 Å². The van der Waals surface area contributed by atoms with Crippen LogP contribution < -0.4 is 10.6 Å². The van der Waals surface area contributed by atoms with Gasteiger partial charge in [0.05, 0.1) is 5.54 Å². The molecule has 0 aromatic heterocycles. The molecule has 1 atom stereocenters. The second-order valence-corrected chi connectivity index (χ2v) is 4.44. The van der Waals surface area contributed by atoms with Crippen molar-refractivity contribution in [2.75, 3.05) is 13.6 Å². The van der Waals surface area contributed by atoms with E-state index < -0.39 is 5.54 Å². The van der Waals surface area contributed by atoms with Crippen molar-refractivity contribution >= 4 is 5.91 Å². The molecule has 0 aliphatic heterocycles. The molecule has 1 amide bonds. The molecule has 0 fully saturated rings. The highest BCUT2D eigenvalue weighted by atomic mass is 16.2. The van der Waals surface area contributed by atoms with Crippen LogP contribution in [0.5, 0.6) is 0 Å². The van der Waals surface area contributed by atoms with Gasteiger partial charge in [0.25, 0.3) is 0 Å². The summed E-state index contributed by atoms with van der Waals surface area (Å²) in [6, 6.07) is 0. The zero-order chi connectivity index (χ0) is 11.2. The monoisotopic (exact) mass is 200 g/mol. The van der Waals surface area contributed by atoms with Crippen LogP contribution in [-0.2, 0) is 4.79 Å². The molecule has 0 aliphatic rings. The van der Waals surface area contributed by atoms with Crippen LogP contribution in [0.15, 0.2) is 0 Å². The van der Waals surface area contributed by atoms with Crippen LogP contribution in [0.1, 0.15) is 40.5 Å². The standard InChI is InChI=1S/C11H24N2O/c1-6-7-11(4,10(14)12-5)13-8-9(2)3/h9,13H,6-8H2,1-5H3,(H,12,14). The lowest BCUT2D eigenvalue weighted by Gasteiger charge is -2.29. The molecular formula is C11H24N2O. The summed E-state index contributed by atoms with van der Waals surface area (Å²) in [4.78, 5) is 11.7. The molecule has 0 bridgehead atoms. The summed E-state index contributed by atoms with van der Waals surface area (Å²) in [5.74, 6) is 0.649. The lowest BCUT2D eigenvalue weighted by molar-refractivity contribution is -0.126. The first kappa shape index (κ1) is 13.4. The third kappa shape index (κ3) is 4.09. The molecule has 0 aliphatic carbocycles. The van der Waals surface area contributed by atoms with Crippen LogP contribution in [0.25, 0.3) is 0 Å². The molecule has 14 heavy (non-hydrogen) atoms. The van der Waals surface area contributed by atoms with Gasteiger partial charge in [-0.1, -0.05) is 27.2 Å². The normalized spacial score (nSPS) is 15.3. The molecule has 0 aromatic carbocycles. The van der Waals surface area contributed by atoms with Crippen molar-refractivity contribution in [3.63, 3.8) is 0 Å². The van der Waals surface area contributed by atoms with Gasteiger partial charge in [-0.05, 0) is 25.8 Å². The zero-order valence-corrected chi connectivity index (χ0v) is 10.1. The Morgan fingerprint density at radius 1 is 1.43 bits per heavy atom. The molecule has 0 radical (unpaired) electrons. The number of rotatable bonds is 6. The summed E-state index contributed by atoms with van der Waals surface area (Å²) in [6.07, 6.45) is 1.88. The molecule has 0 saturated carbocycles. The minimum Gasteiger partial charge on any atom is -0.358 e. The van der Waals surface area contributed by atoms with Crippen molar-refractivity contribution < 1.29 is 4.79 Å². The summed E-state index contributed by atoms with van der Waals surface area (Å²) in [5, 5.41) is 6.05. The largest absolute Gasteiger partial charge is 0.358 e. The third-order valence-electron chi connectivity index (χ3n) is 2.38. The first-order valence-electron chi connectivity index (χ1n) is 5.43. The van der Waals surface area contributed by atoms with E-state index in [0.717, 1.165) is 19.4 Å². The lowest BCUT2D eigenvalue weighted by atomic mass is 9.94. The predicted molar refractivity (Wildman–Crippen MR) is 60.2 cm³/mol. The van der Waals surface area contributed by atoms with Crippen LogP contribution in [-0.4, -0.2) is 25.0 Å². The molecule has 0 spiro atoms. The maximum Gasteiger partial charge on any atom is 0.239 e. The molecule has 0 saturated heterocycles. The molecule has 84 valence electrons. The van der Waals surface area contributed by atoms with E-state index in [-0.39, 0.29) is 5.91 Å². The van der Waals surface area contributed by atoms with Gasteiger partial charge >= 0.3 is 0 Å². The van der Waals surface area contributed by atoms with Crippen LogP contribution >= 0.6 is 0 Å². The Morgan fingerprint density at radius 3 is 2.36 bits per heavy atom. The van der Waals surface area contributed by atoms with Gasteiger partial charge in [-0.3, -0.25) is 4.79 Å². The second kappa shape index (κ2) is 6.02. The van der Waals surface area contributed by atoms with E-state index >= 15 is 0 Å². The Balaban J connectivity index is 4.30. The summed E-state index contributed by atoms with van der Waals surface area (Å²) in [5.41, 5.74) is -0.409. The Kier molecular flexibility index (Phi) is 5.77. The maximum absolute atomic E-state index is 11.7. The fourth-order valence-electron chi connectivity index (χ4n) is 1.49. The van der Waals surface area contributed by atoms with Crippen LogP contribution in [0.2, 0.25) is 0 Å². The van der Waals surface area contributed by atoms with E-state index in [4.69, 9.17) is 0 Å². The Bertz CT molecular complexity index is 180. The first-order chi connectivity index (χ1) is 6.46. The summed E-state index contributed by atoms with van der Waals surface area (Å²) >= 11 is 0. The number of carbonyl (C=O) groups excluding carboxylic acids is 1. The Hall–Kier alpha value is -0.570. The van der Waals surface area contributed by atoms with E-state index in [1.807, 2.05) is 6.92 Å². The van der Waals surface area contributed by atoms with Gasteiger partial charge in [-0.25, -0.2) is 0 Å². The van der Waals surface area contributed by atoms with Gasteiger partial charge in [0.2, 0.25) is 5.91 Å². The fraction of sp³-hybridized carbons (Fsp3) is 0.909. The summed E-state index contributed by atoms with van der Waals surface area (Å²) in [6.45, 7) is 9.23. The Morgan fingerprint density at radius 2 is 2.00 bits per heavy atom. The molecule has 0 rings (SSSR count). The summed E-state index contributed by atoms with van der Waals surface area (Å²) in [7, 11) is 1.69. The molecular weight excluding hydrogens is 176 g/mol. The smallest absolute Gasteiger partial charge is 0.239 e. The van der Waals surface area contributed by atoms with E-state index in [9.17, 15) is 4.79 Å². The predicted octanol–water partition coefficient (Wildman–Crippen LogP) is 1.54. The minimum absolute atomic E-state index is 0.0833. The number of carbonyl (C=O) groups is 1. The number of likely N-dealkylation sites (N-methyl/N-ethyl adjacent to an activating group) is 1. The number of nitrogens with one attached hydrogen (secondary N) is 2. The SMILES string of the molecule is CCCC(C)(NCC(C)C)C(=O)NC. The van der Waals surface area contributed by atoms with Gasteiger partial charge in [0.15, 0.2) is 0 Å². The average Bonchev–Trinajstić information content (AvgIpc) is 2.14. The van der Waals surface area contributed by atoms with Crippen molar-refractivity contribution in [3.8, 4) is 0 Å². The van der Waals surface area contributed by atoms with Crippen LogP contribution in [0.4, 0.5) is 0 Å². The van der Waals surface area contributed by atoms with Crippen molar-refractivity contribution in [1.29, 1.82) is 0 Å². The molecule has 3 heteroatoms. The molecule has 3 nitrogen and oxygen atoms in total. The third-order valence-corrected chi connectivity index (χ3v) is 2.38. The van der Waals surface area contributed by atoms with Crippen LogP contribution in [0.3, 0.4) is 0 Å². The van der Waals surface area contributed by atoms with Crippen molar-refractivity contribution in [3.05, 3.63) is 0 Å². The van der Waals surface area contributed by atoms with E-state index in [1.54, 1.807) is 7.05 Å². The number of amides is 1.